The third-order valence-corrected chi connectivity index (χ3v) is 4.55. The average molecular weight is 369 g/mol. The molecule has 1 aromatic heterocycles. The largest absolute Gasteiger partial charge is 0.494 e. The minimum Gasteiger partial charge on any atom is -0.494 e. The van der Waals surface area contributed by atoms with Crippen molar-refractivity contribution in [3.8, 4) is 11.6 Å². The molecule has 0 bridgehead atoms. The van der Waals surface area contributed by atoms with Crippen LogP contribution in [-0.2, 0) is 0 Å². The van der Waals surface area contributed by atoms with Crippen LogP contribution in [0.15, 0.2) is 42.5 Å². The predicted octanol–water partition coefficient (Wildman–Crippen LogP) is 4.11. The predicted molar refractivity (Wildman–Crippen MR) is 105 cm³/mol. The number of urea groups is 1. The van der Waals surface area contributed by atoms with Crippen molar-refractivity contribution in [2.24, 2.45) is 5.92 Å². The molecule has 0 spiro atoms. The van der Waals surface area contributed by atoms with Crippen LogP contribution in [0.1, 0.15) is 25.5 Å². The third-order valence-electron chi connectivity index (χ3n) is 4.55. The first-order chi connectivity index (χ1) is 13.1. The zero-order chi connectivity index (χ0) is 19.1. The van der Waals surface area contributed by atoms with Crippen LogP contribution in [0.5, 0.6) is 11.6 Å². The summed E-state index contributed by atoms with van der Waals surface area (Å²) in [5.41, 5.74) is 1.71. The minimum atomic E-state index is -0.0717. The Balaban J connectivity index is 1.50. The van der Waals surface area contributed by atoms with Crippen molar-refractivity contribution in [3.05, 3.63) is 48.2 Å². The SMILES string of the molecule is CCOc1ccc(NC(=O)N2CCCC(COc3cccc(C)n3)C2)cc1. The van der Waals surface area contributed by atoms with Crippen LogP contribution in [0.2, 0.25) is 0 Å². The highest BCUT2D eigenvalue weighted by molar-refractivity contribution is 5.89. The maximum atomic E-state index is 12.6. The molecular weight excluding hydrogens is 342 g/mol. The molecule has 3 rings (SSSR count). The van der Waals surface area contributed by atoms with E-state index in [4.69, 9.17) is 9.47 Å². The Labute approximate surface area is 160 Å². The van der Waals surface area contributed by atoms with Gasteiger partial charge in [-0.25, -0.2) is 9.78 Å². The van der Waals surface area contributed by atoms with Gasteiger partial charge in [-0.2, -0.15) is 0 Å². The van der Waals surface area contributed by atoms with E-state index in [1.54, 1.807) is 0 Å². The summed E-state index contributed by atoms with van der Waals surface area (Å²) in [5, 5.41) is 2.96. The first-order valence-corrected chi connectivity index (χ1v) is 9.49. The number of carbonyl (C=O) groups is 1. The van der Waals surface area contributed by atoms with Crippen molar-refractivity contribution in [1.29, 1.82) is 0 Å². The van der Waals surface area contributed by atoms with Gasteiger partial charge in [0.2, 0.25) is 5.88 Å². The molecule has 1 aliphatic rings. The van der Waals surface area contributed by atoms with Gasteiger partial charge in [0, 0.05) is 36.5 Å². The standard InChI is InChI=1S/C21H27N3O3/c1-3-26-19-11-9-18(10-12-19)23-21(25)24-13-5-7-17(14-24)15-27-20-8-4-6-16(2)22-20/h4,6,8-12,17H,3,5,7,13-15H2,1-2H3,(H,23,25). The van der Waals surface area contributed by atoms with Gasteiger partial charge in [0.1, 0.15) is 5.75 Å². The van der Waals surface area contributed by atoms with Crippen molar-refractivity contribution >= 4 is 11.7 Å². The summed E-state index contributed by atoms with van der Waals surface area (Å²) in [5.74, 6) is 1.76. The topological polar surface area (TPSA) is 63.7 Å². The van der Waals surface area contributed by atoms with Crippen LogP contribution in [-0.4, -0.2) is 42.2 Å². The first-order valence-electron chi connectivity index (χ1n) is 9.49. The first kappa shape index (κ1) is 19.0. The zero-order valence-electron chi connectivity index (χ0n) is 16.0. The molecule has 27 heavy (non-hydrogen) atoms. The summed E-state index contributed by atoms with van der Waals surface area (Å²) in [7, 11) is 0. The highest BCUT2D eigenvalue weighted by Gasteiger charge is 2.24. The number of aryl methyl sites for hydroxylation is 1. The van der Waals surface area contributed by atoms with E-state index in [9.17, 15) is 4.79 Å². The van der Waals surface area contributed by atoms with E-state index in [0.29, 0.717) is 31.6 Å². The van der Waals surface area contributed by atoms with Gasteiger partial charge in [0.05, 0.1) is 13.2 Å². The van der Waals surface area contributed by atoms with Crippen molar-refractivity contribution < 1.29 is 14.3 Å². The second-order valence-corrected chi connectivity index (χ2v) is 6.77. The molecule has 1 aromatic carbocycles. The Morgan fingerprint density at radius 2 is 2.04 bits per heavy atom. The lowest BCUT2D eigenvalue weighted by molar-refractivity contribution is 0.143. The number of nitrogens with one attached hydrogen (secondary N) is 1. The second-order valence-electron chi connectivity index (χ2n) is 6.77. The van der Waals surface area contributed by atoms with Gasteiger partial charge in [-0.15, -0.1) is 0 Å². The monoisotopic (exact) mass is 369 g/mol. The Morgan fingerprint density at radius 3 is 2.78 bits per heavy atom. The fraction of sp³-hybridized carbons (Fsp3) is 0.429. The normalized spacial score (nSPS) is 16.7. The molecule has 1 saturated heterocycles. The molecule has 1 aliphatic heterocycles. The number of likely N-dealkylation sites (tertiary alicyclic amines) is 1. The van der Waals surface area contributed by atoms with E-state index >= 15 is 0 Å². The van der Waals surface area contributed by atoms with Gasteiger partial charge in [-0.3, -0.25) is 0 Å². The number of hydrogen-bond acceptors (Lipinski definition) is 4. The molecule has 2 amide bonds. The summed E-state index contributed by atoms with van der Waals surface area (Å²) in [4.78, 5) is 18.8. The van der Waals surface area contributed by atoms with Gasteiger partial charge in [0.25, 0.3) is 0 Å². The number of pyridine rings is 1. The molecule has 1 unspecified atom stereocenters. The van der Waals surface area contributed by atoms with Gasteiger partial charge >= 0.3 is 6.03 Å². The molecule has 144 valence electrons. The van der Waals surface area contributed by atoms with Gasteiger partial charge in [-0.05, 0) is 57.0 Å². The number of amides is 2. The summed E-state index contributed by atoms with van der Waals surface area (Å²) >= 11 is 0. The third kappa shape index (κ3) is 5.61. The smallest absolute Gasteiger partial charge is 0.321 e. The Hall–Kier alpha value is -2.76. The van der Waals surface area contributed by atoms with Crippen LogP contribution in [0.25, 0.3) is 0 Å². The molecule has 1 fully saturated rings. The lowest BCUT2D eigenvalue weighted by Crippen LogP contribution is -2.43. The van der Waals surface area contributed by atoms with Crippen LogP contribution in [0.4, 0.5) is 10.5 Å². The maximum absolute atomic E-state index is 12.6. The highest BCUT2D eigenvalue weighted by atomic mass is 16.5. The van der Waals surface area contributed by atoms with Crippen LogP contribution in [0.3, 0.4) is 0 Å². The van der Waals surface area contributed by atoms with Crippen LogP contribution < -0.4 is 14.8 Å². The molecule has 2 aromatic rings. The number of carbonyl (C=O) groups excluding carboxylic acids is 1. The molecule has 1 atom stereocenters. The Morgan fingerprint density at radius 1 is 1.22 bits per heavy atom. The highest BCUT2D eigenvalue weighted by Crippen LogP contribution is 2.20. The number of rotatable bonds is 6. The molecule has 1 N–H and O–H groups in total. The van der Waals surface area contributed by atoms with Gasteiger partial charge in [0.15, 0.2) is 0 Å². The number of aromatic nitrogens is 1. The molecule has 0 saturated carbocycles. The molecule has 6 heteroatoms. The van der Waals surface area contributed by atoms with E-state index in [0.717, 1.165) is 36.5 Å². The molecule has 6 nitrogen and oxygen atoms in total. The van der Waals surface area contributed by atoms with Gasteiger partial charge < -0.3 is 19.7 Å². The average Bonchev–Trinajstić information content (AvgIpc) is 2.68. The number of piperidine rings is 1. The minimum absolute atomic E-state index is 0.0717. The summed E-state index contributed by atoms with van der Waals surface area (Å²) in [6, 6.07) is 13.1. The van der Waals surface area contributed by atoms with Crippen molar-refractivity contribution in [2.45, 2.75) is 26.7 Å². The fourth-order valence-corrected chi connectivity index (χ4v) is 3.19. The zero-order valence-corrected chi connectivity index (χ0v) is 16.0. The molecule has 2 heterocycles. The second kappa shape index (κ2) is 9.26. The fourth-order valence-electron chi connectivity index (χ4n) is 3.19. The van der Waals surface area contributed by atoms with Gasteiger partial charge in [-0.1, -0.05) is 6.07 Å². The molecular formula is C21H27N3O3. The lowest BCUT2D eigenvalue weighted by Gasteiger charge is -2.32. The number of anilines is 1. The van der Waals surface area contributed by atoms with E-state index < -0.39 is 0 Å². The number of benzene rings is 1. The quantitative estimate of drug-likeness (QED) is 0.832. The van der Waals surface area contributed by atoms with E-state index in [2.05, 4.69) is 10.3 Å². The van der Waals surface area contributed by atoms with E-state index in [1.165, 1.54) is 0 Å². The van der Waals surface area contributed by atoms with Crippen molar-refractivity contribution in [3.63, 3.8) is 0 Å². The van der Waals surface area contributed by atoms with E-state index in [-0.39, 0.29) is 6.03 Å². The lowest BCUT2D eigenvalue weighted by atomic mass is 9.99. The Kier molecular flexibility index (Phi) is 6.52. The summed E-state index contributed by atoms with van der Waals surface area (Å²) in [6.07, 6.45) is 2.03. The number of hydrogen-bond donors (Lipinski definition) is 1. The summed E-state index contributed by atoms with van der Waals surface area (Å²) < 4.78 is 11.3. The van der Waals surface area contributed by atoms with Crippen molar-refractivity contribution in [1.82, 2.24) is 9.88 Å². The number of ether oxygens (including phenoxy) is 2. The maximum Gasteiger partial charge on any atom is 0.321 e. The number of nitrogens with zero attached hydrogens (tertiary/aromatic N) is 2. The van der Waals surface area contributed by atoms with Crippen LogP contribution in [0, 0.1) is 12.8 Å². The van der Waals surface area contributed by atoms with Crippen molar-refractivity contribution in [2.75, 3.05) is 31.6 Å². The summed E-state index contributed by atoms with van der Waals surface area (Å²) in [6.45, 7) is 6.54. The van der Waals surface area contributed by atoms with Crippen LogP contribution >= 0.6 is 0 Å². The molecule has 0 aliphatic carbocycles. The Bertz CT molecular complexity index is 749. The van der Waals surface area contributed by atoms with E-state index in [1.807, 2.05) is 61.2 Å². The molecule has 0 radical (unpaired) electrons.